The van der Waals surface area contributed by atoms with Gasteiger partial charge >= 0.3 is 0 Å². The van der Waals surface area contributed by atoms with E-state index >= 15 is 0 Å². The second-order valence-corrected chi connectivity index (χ2v) is 6.69. The van der Waals surface area contributed by atoms with Crippen LogP contribution in [0.3, 0.4) is 0 Å². The zero-order valence-electron chi connectivity index (χ0n) is 14.0. The largest absolute Gasteiger partial charge is 0.493 e. The van der Waals surface area contributed by atoms with Crippen molar-refractivity contribution in [2.24, 2.45) is 0 Å². The minimum absolute atomic E-state index is 0.164. The third kappa shape index (κ3) is 3.51. The Kier molecular flexibility index (Phi) is 5.30. The Morgan fingerprint density at radius 3 is 2.71 bits per heavy atom. The molecule has 5 heteroatoms. The second kappa shape index (κ2) is 7.62. The quantitative estimate of drug-likeness (QED) is 0.828. The topological polar surface area (TPSA) is 38.8 Å². The second-order valence-electron chi connectivity index (χ2n) is 5.55. The minimum Gasteiger partial charge on any atom is -0.493 e. The monoisotopic (exact) mass is 343 g/mol. The molecule has 24 heavy (non-hydrogen) atoms. The Balaban J connectivity index is 1.68. The first kappa shape index (κ1) is 16.7. The van der Waals surface area contributed by atoms with Gasteiger partial charge in [0.1, 0.15) is 0 Å². The summed E-state index contributed by atoms with van der Waals surface area (Å²) in [6.45, 7) is 0.770. The lowest BCUT2D eigenvalue weighted by molar-refractivity contribution is -0.118. The lowest BCUT2D eigenvalue weighted by Gasteiger charge is -2.29. The van der Waals surface area contributed by atoms with E-state index in [0.717, 1.165) is 23.5 Å². The number of hydrogen-bond acceptors (Lipinski definition) is 4. The highest BCUT2D eigenvalue weighted by Gasteiger charge is 2.22. The highest BCUT2D eigenvalue weighted by molar-refractivity contribution is 7.99. The minimum atomic E-state index is 0.164. The molecule has 0 aliphatic carbocycles. The van der Waals surface area contributed by atoms with Crippen LogP contribution >= 0.6 is 11.8 Å². The van der Waals surface area contributed by atoms with Crippen molar-refractivity contribution in [3.05, 3.63) is 48.0 Å². The molecule has 2 aromatic rings. The van der Waals surface area contributed by atoms with Crippen molar-refractivity contribution >= 4 is 23.4 Å². The fourth-order valence-electron chi connectivity index (χ4n) is 2.85. The molecule has 0 fully saturated rings. The summed E-state index contributed by atoms with van der Waals surface area (Å²) >= 11 is 1.81. The van der Waals surface area contributed by atoms with Crippen LogP contribution in [0.1, 0.15) is 12.0 Å². The average Bonchev–Trinajstić information content (AvgIpc) is 2.65. The molecule has 0 spiro atoms. The predicted molar refractivity (Wildman–Crippen MR) is 97.4 cm³/mol. The highest BCUT2D eigenvalue weighted by atomic mass is 32.2. The summed E-state index contributed by atoms with van der Waals surface area (Å²) < 4.78 is 10.6. The van der Waals surface area contributed by atoms with Crippen LogP contribution in [0.25, 0.3) is 0 Å². The van der Waals surface area contributed by atoms with E-state index in [-0.39, 0.29) is 5.91 Å². The number of amides is 1. The Morgan fingerprint density at radius 1 is 1.12 bits per heavy atom. The molecule has 1 amide bonds. The zero-order valence-corrected chi connectivity index (χ0v) is 14.8. The van der Waals surface area contributed by atoms with Gasteiger partial charge < -0.3 is 14.4 Å². The van der Waals surface area contributed by atoms with E-state index in [4.69, 9.17) is 9.47 Å². The van der Waals surface area contributed by atoms with Gasteiger partial charge in [0.25, 0.3) is 0 Å². The molecule has 3 rings (SSSR count). The number of thioether (sulfide) groups is 1. The first-order valence-electron chi connectivity index (χ1n) is 7.96. The van der Waals surface area contributed by atoms with E-state index < -0.39 is 0 Å². The van der Waals surface area contributed by atoms with Crippen LogP contribution in [-0.4, -0.2) is 32.4 Å². The van der Waals surface area contributed by atoms with Crippen molar-refractivity contribution in [1.82, 2.24) is 0 Å². The van der Waals surface area contributed by atoms with Gasteiger partial charge in [-0.15, -0.1) is 11.8 Å². The molecule has 0 N–H and O–H groups in total. The zero-order chi connectivity index (χ0) is 16.9. The fraction of sp³-hybridized carbons (Fsp3) is 0.316. The van der Waals surface area contributed by atoms with E-state index in [2.05, 4.69) is 6.07 Å². The SMILES string of the molecule is COc1ccc(CCC(=O)N2CCSc3ccccc32)cc1OC. The Morgan fingerprint density at radius 2 is 1.92 bits per heavy atom. The summed E-state index contributed by atoms with van der Waals surface area (Å²) in [5.74, 6) is 2.51. The number of carbonyl (C=O) groups is 1. The molecule has 0 atom stereocenters. The van der Waals surface area contributed by atoms with E-state index in [1.54, 1.807) is 14.2 Å². The van der Waals surface area contributed by atoms with E-state index in [0.29, 0.717) is 24.3 Å². The number of anilines is 1. The van der Waals surface area contributed by atoms with Crippen molar-refractivity contribution < 1.29 is 14.3 Å². The van der Waals surface area contributed by atoms with Crippen LogP contribution in [0.4, 0.5) is 5.69 Å². The van der Waals surface area contributed by atoms with Crippen molar-refractivity contribution in [3.8, 4) is 11.5 Å². The van der Waals surface area contributed by atoms with Crippen LogP contribution in [0, 0.1) is 0 Å². The molecule has 4 nitrogen and oxygen atoms in total. The number of benzene rings is 2. The van der Waals surface area contributed by atoms with Gasteiger partial charge in [0, 0.05) is 23.6 Å². The number of para-hydroxylation sites is 1. The van der Waals surface area contributed by atoms with Gasteiger partial charge in [-0.1, -0.05) is 18.2 Å². The maximum Gasteiger partial charge on any atom is 0.227 e. The van der Waals surface area contributed by atoms with Crippen LogP contribution in [0.2, 0.25) is 0 Å². The summed E-state index contributed by atoms with van der Waals surface area (Å²) in [5, 5.41) is 0. The molecule has 0 radical (unpaired) electrons. The highest BCUT2D eigenvalue weighted by Crippen LogP contribution is 2.35. The third-order valence-electron chi connectivity index (χ3n) is 4.11. The lowest BCUT2D eigenvalue weighted by Crippen LogP contribution is -2.35. The molecule has 1 aliphatic rings. The number of hydrogen-bond donors (Lipinski definition) is 0. The third-order valence-corrected chi connectivity index (χ3v) is 5.15. The molecular formula is C19H21NO3S. The number of carbonyl (C=O) groups excluding carboxylic acids is 1. The molecule has 2 aromatic carbocycles. The Bertz CT molecular complexity index is 732. The van der Waals surface area contributed by atoms with Crippen LogP contribution in [0.15, 0.2) is 47.4 Å². The fourth-order valence-corrected chi connectivity index (χ4v) is 3.85. The number of aryl methyl sites for hydroxylation is 1. The number of ether oxygens (including phenoxy) is 2. The van der Waals surface area contributed by atoms with Gasteiger partial charge in [-0.25, -0.2) is 0 Å². The summed E-state index contributed by atoms with van der Waals surface area (Å²) in [7, 11) is 3.24. The summed E-state index contributed by atoms with van der Waals surface area (Å²) in [6.07, 6.45) is 1.17. The van der Waals surface area contributed by atoms with Crippen molar-refractivity contribution in [2.45, 2.75) is 17.7 Å². The Hall–Kier alpha value is -2.14. The molecule has 1 heterocycles. The van der Waals surface area contributed by atoms with Gasteiger partial charge in [0.05, 0.1) is 19.9 Å². The number of rotatable bonds is 5. The van der Waals surface area contributed by atoms with Crippen molar-refractivity contribution in [1.29, 1.82) is 0 Å². The Labute approximate surface area is 146 Å². The predicted octanol–water partition coefficient (Wildman–Crippen LogP) is 3.78. The maximum absolute atomic E-state index is 12.7. The molecule has 0 unspecified atom stereocenters. The standard InChI is InChI=1S/C19H21NO3S/c1-22-16-9-7-14(13-17(16)23-2)8-10-19(21)20-11-12-24-18-6-4-3-5-15(18)20/h3-7,9,13H,8,10-12H2,1-2H3. The van der Waals surface area contributed by atoms with Gasteiger partial charge in [-0.2, -0.15) is 0 Å². The van der Waals surface area contributed by atoms with Crippen molar-refractivity contribution in [3.63, 3.8) is 0 Å². The van der Waals surface area contributed by atoms with Crippen LogP contribution in [-0.2, 0) is 11.2 Å². The maximum atomic E-state index is 12.7. The number of nitrogens with zero attached hydrogens (tertiary/aromatic N) is 1. The molecule has 0 aromatic heterocycles. The summed E-state index contributed by atoms with van der Waals surface area (Å²) in [5.41, 5.74) is 2.10. The van der Waals surface area contributed by atoms with Crippen LogP contribution < -0.4 is 14.4 Å². The lowest BCUT2D eigenvalue weighted by atomic mass is 10.1. The molecule has 0 saturated carbocycles. The van der Waals surface area contributed by atoms with Gasteiger partial charge in [-0.05, 0) is 36.2 Å². The first-order valence-corrected chi connectivity index (χ1v) is 8.94. The molecule has 1 aliphatic heterocycles. The summed E-state index contributed by atoms with van der Waals surface area (Å²) in [4.78, 5) is 15.8. The molecule has 0 saturated heterocycles. The number of methoxy groups -OCH3 is 2. The van der Waals surface area contributed by atoms with Crippen molar-refractivity contribution in [2.75, 3.05) is 31.4 Å². The van der Waals surface area contributed by atoms with Gasteiger partial charge in [0.15, 0.2) is 11.5 Å². The van der Waals surface area contributed by atoms with Crippen LogP contribution in [0.5, 0.6) is 11.5 Å². The molecular weight excluding hydrogens is 322 g/mol. The molecule has 0 bridgehead atoms. The number of fused-ring (bicyclic) bond motifs is 1. The smallest absolute Gasteiger partial charge is 0.227 e. The van der Waals surface area contributed by atoms with E-state index in [9.17, 15) is 4.79 Å². The average molecular weight is 343 g/mol. The normalized spacial score (nSPS) is 13.3. The van der Waals surface area contributed by atoms with Gasteiger partial charge in [-0.3, -0.25) is 4.79 Å². The first-order chi connectivity index (χ1) is 11.7. The summed E-state index contributed by atoms with van der Waals surface area (Å²) in [6, 6.07) is 13.9. The van der Waals surface area contributed by atoms with E-state index in [1.807, 2.05) is 53.1 Å². The van der Waals surface area contributed by atoms with Gasteiger partial charge in [0.2, 0.25) is 5.91 Å². The molecule has 126 valence electrons. The van der Waals surface area contributed by atoms with E-state index in [1.165, 1.54) is 4.90 Å².